The van der Waals surface area contributed by atoms with Crippen LogP contribution in [0.4, 0.5) is 4.39 Å². The number of halogens is 2. The van der Waals surface area contributed by atoms with Gasteiger partial charge in [0.15, 0.2) is 0 Å². The van der Waals surface area contributed by atoms with Gasteiger partial charge in [-0.25, -0.2) is 4.39 Å². The number of hydrogen-bond acceptors (Lipinski definition) is 2. The third-order valence-corrected chi connectivity index (χ3v) is 3.22. The van der Waals surface area contributed by atoms with Gasteiger partial charge in [-0.05, 0) is 31.0 Å². The van der Waals surface area contributed by atoms with Gasteiger partial charge in [-0.15, -0.1) is 0 Å². The molecule has 5 heteroatoms. The van der Waals surface area contributed by atoms with Crippen LogP contribution in [0.5, 0.6) is 0 Å². The van der Waals surface area contributed by atoms with Gasteiger partial charge in [0.2, 0.25) is 0 Å². The first kappa shape index (κ1) is 13.9. The van der Waals surface area contributed by atoms with Crippen molar-refractivity contribution in [1.29, 1.82) is 0 Å². The Labute approximate surface area is 105 Å². The van der Waals surface area contributed by atoms with Gasteiger partial charge >= 0.3 is 5.97 Å². The SMILES string of the molecule is CCC(C)(NCc1ccc(F)cc1Cl)C(=O)O. The topological polar surface area (TPSA) is 49.3 Å². The second-order valence-electron chi connectivity index (χ2n) is 4.08. The van der Waals surface area contributed by atoms with Crippen LogP contribution >= 0.6 is 11.6 Å². The van der Waals surface area contributed by atoms with Gasteiger partial charge < -0.3 is 5.11 Å². The van der Waals surface area contributed by atoms with E-state index >= 15 is 0 Å². The first-order valence-electron chi connectivity index (χ1n) is 5.31. The molecule has 1 unspecified atom stereocenters. The molecular weight excluding hydrogens is 245 g/mol. The fraction of sp³-hybridized carbons (Fsp3) is 0.417. The Morgan fingerprint density at radius 2 is 2.24 bits per heavy atom. The summed E-state index contributed by atoms with van der Waals surface area (Å²) in [5.41, 5.74) is -0.327. The Kier molecular flexibility index (Phi) is 4.48. The minimum absolute atomic E-state index is 0.287. The van der Waals surface area contributed by atoms with Crippen molar-refractivity contribution in [1.82, 2.24) is 5.32 Å². The van der Waals surface area contributed by atoms with E-state index in [1.54, 1.807) is 19.9 Å². The molecule has 17 heavy (non-hydrogen) atoms. The van der Waals surface area contributed by atoms with Gasteiger partial charge in [-0.3, -0.25) is 10.1 Å². The van der Waals surface area contributed by atoms with E-state index < -0.39 is 17.3 Å². The number of rotatable bonds is 5. The smallest absolute Gasteiger partial charge is 0.323 e. The zero-order valence-corrected chi connectivity index (χ0v) is 10.5. The molecule has 1 rings (SSSR count). The number of carboxylic acid groups (broad SMARTS) is 1. The van der Waals surface area contributed by atoms with Crippen LogP contribution < -0.4 is 5.32 Å². The van der Waals surface area contributed by atoms with Gasteiger partial charge in [0.1, 0.15) is 11.4 Å². The van der Waals surface area contributed by atoms with Gasteiger partial charge in [-0.1, -0.05) is 24.6 Å². The monoisotopic (exact) mass is 259 g/mol. The van der Waals surface area contributed by atoms with Crippen LogP contribution in [-0.2, 0) is 11.3 Å². The number of nitrogens with one attached hydrogen (secondary N) is 1. The summed E-state index contributed by atoms with van der Waals surface area (Å²) in [5.74, 6) is -1.33. The minimum Gasteiger partial charge on any atom is -0.480 e. The summed E-state index contributed by atoms with van der Waals surface area (Å²) in [6.45, 7) is 3.68. The molecule has 2 N–H and O–H groups in total. The molecule has 0 fully saturated rings. The lowest BCUT2D eigenvalue weighted by Crippen LogP contribution is -2.48. The van der Waals surface area contributed by atoms with Crippen molar-refractivity contribution in [3.8, 4) is 0 Å². The molecule has 3 nitrogen and oxygen atoms in total. The van der Waals surface area contributed by atoms with Crippen molar-refractivity contribution >= 4 is 17.6 Å². The highest BCUT2D eigenvalue weighted by Crippen LogP contribution is 2.18. The van der Waals surface area contributed by atoms with Crippen LogP contribution in [0.15, 0.2) is 18.2 Å². The summed E-state index contributed by atoms with van der Waals surface area (Å²) in [7, 11) is 0. The molecule has 1 aromatic carbocycles. The van der Waals surface area contributed by atoms with Crippen molar-refractivity contribution in [3.05, 3.63) is 34.6 Å². The maximum atomic E-state index is 12.8. The van der Waals surface area contributed by atoms with E-state index in [4.69, 9.17) is 16.7 Å². The van der Waals surface area contributed by atoms with E-state index in [0.717, 1.165) is 0 Å². The van der Waals surface area contributed by atoms with Crippen molar-refractivity contribution in [2.45, 2.75) is 32.4 Å². The fourth-order valence-corrected chi connectivity index (χ4v) is 1.54. The third kappa shape index (κ3) is 3.41. The summed E-state index contributed by atoms with van der Waals surface area (Å²) in [4.78, 5) is 11.1. The second kappa shape index (κ2) is 5.47. The lowest BCUT2D eigenvalue weighted by atomic mass is 9.99. The van der Waals surface area contributed by atoms with E-state index in [2.05, 4.69) is 5.32 Å². The number of carboxylic acids is 1. The maximum Gasteiger partial charge on any atom is 0.323 e. The van der Waals surface area contributed by atoms with E-state index in [9.17, 15) is 9.18 Å². The van der Waals surface area contributed by atoms with Crippen LogP contribution in [0.1, 0.15) is 25.8 Å². The Balaban J connectivity index is 2.76. The van der Waals surface area contributed by atoms with Crippen LogP contribution in [0, 0.1) is 5.82 Å². The molecule has 0 bridgehead atoms. The number of carbonyl (C=O) groups is 1. The van der Waals surface area contributed by atoms with Crippen LogP contribution in [0.2, 0.25) is 5.02 Å². The van der Waals surface area contributed by atoms with E-state index in [0.29, 0.717) is 17.0 Å². The number of aliphatic carboxylic acids is 1. The summed E-state index contributed by atoms with van der Waals surface area (Å²) < 4.78 is 12.8. The minimum atomic E-state index is -1.00. The molecule has 0 radical (unpaired) electrons. The highest BCUT2D eigenvalue weighted by molar-refractivity contribution is 6.31. The Morgan fingerprint density at radius 3 is 2.71 bits per heavy atom. The van der Waals surface area contributed by atoms with Crippen LogP contribution in [0.25, 0.3) is 0 Å². The Morgan fingerprint density at radius 1 is 1.59 bits per heavy atom. The van der Waals surface area contributed by atoms with E-state index in [1.807, 2.05) is 0 Å². The first-order chi connectivity index (χ1) is 7.89. The molecule has 0 saturated heterocycles. The number of hydrogen-bond donors (Lipinski definition) is 2. The molecule has 0 aliphatic heterocycles. The van der Waals surface area contributed by atoms with Gasteiger partial charge in [0.25, 0.3) is 0 Å². The Bertz CT molecular complexity index is 425. The highest BCUT2D eigenvalue weighted by atomic mass is 35.5. The molecule has 94 valence electrons. The molecule has 0 heterocycles. The number of benzene rings is 1. The normalized spacial score (nSPS) is 14.4. The van der Waals surface area contributed by atoms with Crippen LogP contribution in [0.3, 0.4) is 0 Å². The van der Waals surface area contributed by atoms with Crippen molar-refractivity contribution in [2.75, 3.05) is 0 Å². The molecule has 0 aliphatic carbocycles. The molecule has 0 saturated carbocycles. The van der Waals surface area contributed by atoms with Crippen molar-refractivity contribution < 1.29 is 14.3 Å². The predicted octanol–water partition coefficient (Wildman–Crippen LogP) is 2.82. The summed E-state index contributed by atoms with van der Waals surface area (Å²) in [5, 5.41) is 12.3. The molecule has 0 aliphatic rings. The molecule has 0 aromatic heterocycles. The quantitative estimate of drug-likeness (QED) is 0.855. The zero-order chi connectivity index (χ0) is 13.1. The molecule has 1 atom stereocenters. The zero-order valence-electron chi connectivity index (χ0n) is 9.76. The largest absolute Gasteiger partial charge is 0.480 e. The average Bonchev–Trinajstić information content (AvgIpc) is 2.27. The van der Waals surface area contributed by atoms with Gasteiger partial charge in [-0.2, -0.15) is 0 Å². The van der Waals surface area contributed by atoms with Crippen LogP contribution in [-0.4, -0.2) is 16.6 Å². The molecule has 0 spiro atoms. The Hall–Kier alpha value is -1.13. The fourth-order valence-electron chi connectivity index (χ4n) is 1.31. The highest BCUT2D eigenvalue weighted by Gasteiger charge is 2.30. The van der Waals surface area contributed by atoms with Gasteiger partial charge in [0.05, 0.1) is 0 Å². The average molecular weight is 260 g/mol. The molecule has 1 aromatic rings. The van der Waals surface area contributed by atoms with E-state index in [1.165, 1.54) is 12.1 Å². The standard InChI is InChI=1S/C12H15ClFNO2/c1-3-12(2,11(16)17)15-7-8-4-5-9(14)6-10(8)13/h4-6,15H,3,7H2,1-2H3,(H,16,17). The van der Waals surface area contributed by atoms with Gasteiger partial charge in [0, 0.05) is 11.6 Å². The lowest BCUT2D eigenvalue weighted by Gasteiger charge is -2.25. The lowest BCUT2D eigenvalue weighted by molar-refractivity contribution is -0.144. The summed E-state index contributed by atoms with van der Waals surface area (Å²) in [6, 6.07) is 4.05. The van der Waals surface area contributed by atoms with E-state index in [-0.39, 0.29) is 6.54 Å². The predicted molar refractivity (Wildman–Crippen MR) is 64.6 cm³/mol. The summed E-state index contributed by atoms with van der Waals surface area (Å²) >= 11 is 5.85. The van der Waals surface area contributed by atoms with Crippen molar-refractivity contribution in [3.63, 3.8) is 0 Å². The summed E-state index contributed by atoms with van der Waals surface area (Å²) in [6.07, 6.45) is 0.446. The first-order valence-corrected chi connectivity index (χ1v) is 5.69. The molecule has 0 amide bonds. The van der Waals surface area contributed by atoms with Crippen molar-refractivity contribution in [2.24, 2.45) is 0 Å². The maximum absolute atomic E-state index is 12.8. The second-order valence-corrected chi connectivity index (χ2v) is 4.49. The third-order valence-electron chi connectivity index (χ3n) is 2.86. The molecular formula is C12H15ClFNO2.